The molecule has 2 aromatic carbocycles. The number of nitrogens with zero attached hydrogens (tertiary/aromatic N) is 2. The first kappa shape index (κ1) is 19.7. The number of ether oxygens (including phenoxy) is 1. The molecule has 0 radical (unpaired) electrons. The lowest BCUT2D eigenvalue weighted by atomic mass is 10.2. The molecule has 8 heteroatoms. The van der Waals surface area contributed by atoms with Crippen molar-refractivity contribution < 1.29 is 14.3 Å². The van der Waals surface area contributed by atoms with Crippen LogP contribution in [0.5, 0.6) is 0 Å². The van der Waals surface area contributed by atoms with Crippen molar-refractivity contribution in [3.05, 3.63) is 75.7 Å². The molecule has 0 aliphatic heterocycles. The van der Waals surface area contributed by atoms with Gasteiger partial charge in [-0.1, -0.05) is 59.4 Å². The van der Waals surface area contributed by atoms with Crippen molar-refractivity contribution in [1.29, 1.82) is 0 Å². The van der Waals surface area contributed by atoms with Crippen molar-refractivity contribution in [2.75, 3.05) is 11.9 Å². The Hall–Kier alpha value is -3.10. The van der Waals surface area contributed by atoms with Gasteiger partial charge in [0, 0.05) is 12.2 Å². The molecule has 0 aliphatic rings. The number of nitrogens with one attached hydrogen (secondary N) is 2. The molecule has 0 saturated carbocycles. The van der Waals surface area contributed by atoms with Crippen LogP contribution in [0, 0.1) is 6.92 Å². The Morgan fingerprint density at radius 3 is 2.54 bits per heavy atom. The molecule has 1 aromatic heterocycles. The van der Waals surface area contributed by atoms with E-state index >= 15 is 0 Å². The van der Waals surface area contributed by atoms with Gasteiger partial charge in [0.2, 0.25) is 10.9 Å². The maximum Gasteiger partial charge on any atom is 0.286 e. The van der Waals surface area contributed by atoms with E-state index in [2.05, 4.69) is 20.8 Å². The number of hydrogen-bond acceptors (Lipinski definition) is 6. The zero-order valence-corrected chi connectivity index (χ0v) is 16.2. The lowest BCUT2D eigenvalue weighted by Gasteiger charge is -2.05. The maximum atomic E-state index is 12.2. The van der Waals surface area contributed by atoms with Crippen molar-refractivity contribution in [2.24, 2.45) is 0 Å². The van der Waals surface area contributed by atoms with Crippen molar-refractivity contribution in [1.82, 2.24) is 15.5 Å². The molecule has 1 heterocycles. The van der Waals surface area contributed by atoms with Crippen LogP contribution in [0.4, 0.5) is 5.69 Å². The van der Waals surface area contributed by atoms with Crippen LogP contribution >= 0.6 is 11.3 Å². The molecule has 7 nitrogen and oxygen atoms in total. The van der Waals surface area contributed by atoms with Gasteiger partial charge in [0.25, 0.3) is 5.91 Å². The lowest BCUT2D eigenvalue weighted by Crippen LogP contribution is -2.27. The molecule has 2 N–H and O–H groups in total. The van der Waals surface area contributed by atoms with Gasteiger partial charge in [0.05, 0.1) is 0 Å². The van der Waals surface area contributed by atoms with E-state index < -0.39 is 0 Å². The summed E-state index contributed by atoms with van der Waals surface area (Å²) in [7, 11) is 0. The van der Waals surface area contributed by atoms with Crippen LogP contribution in [0.15, 0.2) is 54.6 Å². The topological polar surface area (TPSA) is 93.2 Å². The molecule has 0 fully saturated rings. The molecular formula is C20H20N4O3S. The quantitative estimate of drug-likeness (QED) is 0.611. The summed E-state index contributed by atoms with van der Waals surface area (Å²) in [4.78, 5) is 24.0. The average molecular weight is 396 g/mol. The van der Waals surface area contributed by atoms with Crippen LogP contribution in [-0.4, -0.2) is 28.6 Å². The zero-order valence-electron chi connectivity index (χ0n) is 15.3. The summed E-state index contributed by atoms with van der Waals surface area (Å²) in [6.45, 7) is 2.46. The Labute approximate surface area is 166 Å². The van der Waals surface area contributed by atoms with Crippen LogP contribution < -0.4 is 10.6 Å². The average Bonchev–Trinajstić information content (AvgIpc) is 3.18. The van der Waals surface area contributed by atoms with Gasteiger partial charge in [-0.2, -0.15) is 0 Å². The van der Waals surface area contributed by atoms with Gasteiger partial charge in [0.15, 0.2) is 0 Å². The molecular weight excluding hydrogens is 376 g/mol. The van der Waals surface area contributed by atoms with E-state index in [1.165, 1.54) is 0 Å². The number of carbonyl (C=O) groups excluding carboxylic acids is 2. The fraction of sp³-hybridized carbons (Fsp3) is 0.200. The van der Waals surface area contributed by atoms with Crippen LogP contribution in [0.25, 0.3) is 0 Å². The summed E-state index contributed by atoms with van der Waals surface area (Å²) in [5.41, 5.74) is 2.82. The molecule has 0 spiro atoms. The number of carbonyl (C=O) groups is 2. The number of aryl methyl sites for hydroxylation is 1. The number of hydrogen-bond donors (Lipinski definition) is 2. The Kier molecular flexibility index (Phi) is 6.83. The predicted octanol–water partition coefficient (Wildman–Crippen LogP) is 2.93. The van der Waals surface area contributed by atoms with Gasteiger partial charge in [-0.3, -0.25) is 9.59 Å². The van der Waals surface area contributed by atoms with Crippen LogP contribution in [0.2, 0.25) is 0 Å². The fourth-order valence-electron chi connectivity index (χ4n) is 2.30. The highest BCUT2D eigenvalue weighted by Crippen LogP contribution is 2.14. The highest BCUT2D eigenvalue weighted by Gasteiger charge is 2.13. The summed E-state index contributed by atoms with van der Waals surface area (Å²) in [6, 6.07) is 17.1. The van der Waals surface area contributed by atoms with Crippen LogP contribution in [-0.2, 0) is 22.7 Å². The highest BCUT2D eigenvalue weighted by molar-refractivity contribution is 7.13. The monoisotopic (exact) mass is 396 g/mol. The van der Waals surface area contributed by atoms with Crippen molar-refractivity contribution >= 4 is 28.8 Å². The molecule has 0 saturated heterocycles. The fourth-order valence-corrected chi connectivity index (χ4v) is 2.98. The van der Waals surface area contributed by atoms with Gasteiger partial charge < -0.3 is 15.4 Å². The summed E-state index contributed by atoms with van der Waals surface area (Å²) in [6.07, 6.45) is 0. The van der Waals surface area contributed by atoms with E-state index in [-0.39, 0.29) is 30.0 Å². The summed E-state index contributed by atoms with van der Waals surface area (Å²) in [5.74, 6) is -0.543. The molecule has 3 rings (SSSR count). The summed E-state index contributed by atoms with van der Waals surface area (Å²) in [5, 5.41) is 14.1. The molecule has 144 valence electrons. The smallest absolute Gasteiger partial charge is 0.286 e. The second-order valence-electron chi connectivity index (χ2n) is 6.08. The van der Waals surface area contributed by atoms with Crippen molar-refractivity contribution in [2.45, 2.75) is 20.1 Å². The van der Waals surface area contributed by atoms with Gasteiger partial charge in [-0.15, -0.1) is 10.2 Å². The molecule has 28 heavy (non-hydrogen) atoms. The van der Waals surface area contributed by atoms with E-state index in [4.69, 9.17) is 4.74 Å². The lowest BCUT2D eigenvalue weighted by molar-refractivity contribution is -0.126. The molecule has 0 aliphatic carbocycles. The van der Waals surface area contributed by atoms with E-state index in [0.29, 0.717) is 17.2 Å². The second kappa shape index (κ2) is 9.72. The Morgan fingerprint density at radius 1 is 1.04 bits per heavy atom. The number of amides is 2. The third-order valence-corrected chi connectivity index (χ3v) is 4.66. The highest BCUT2D eigenvalue weighted by atomic mass is 32.1. The number of anilines is 1. The van der Waals surface area contributed by atoms with E-state index in [9.17, 15) is 9.59 Å². The van der Waals surface area contributed by atoms with Gasteiger partial charge in [-0.05, 0) is 24.6 Å². The summed E-state index contributed by atoms with van der Waals surface area (Å²) >= 11 is 1.13. The molecule has 0 atom stereocenters. The maximum absolute atomic E-state index is 12.2. The first-order valence-electron chi connectivity index (χ1n) is 8.69. The Balaban J connectivity index is 1.41. The summed E-state index contributed by atoms with van der Waals surface area (Å²) < 4.78 is 5.36. The number of benzene rings is 2. The number of rotatable bonds is 8. The third kappa shape index (κ3) is 5.97. The third-order valence-electron chi connectivity index (χ3n) is 3.76. The second-order valence-corrected chi connectivity index (χ2v) is 7.14. The van der Waals surface area contributed by atoms with E-state index in [0.717, 1.165) is 22.5 Å². The molecule has 0 unspecified atom stereocenters. The van der Waals surface area contributed by atoms with Crippen LogP contribution in [0.1, 0.15) is 25.9 Å². The minimum Gasteiger partial charge on any atom is -0.364 e. The van der Waals surface area contributed by atoms with E-state index in [1.807, 2.05) is 61.5 Å². The van der Waals surface area contributed by atoms with Crippen molar-refractivity contribution in [3.63, 3.8) is 0 Å². The molecule has 3 aromatic rings. The minimum atomic E-state index is -0.326. The SMILES string of the molecule is Cc1ccc(NC(=O)c2nnc(COCC(=O)NCc3ccccc3)s2)cc1. The number of aromatic nitrogens is 2. The normalized spacial score (nSPS) is 10.5. The van der Waals surface area contributed by atoms with Crippen molar-refractivity contribution in [3.8, 4) is 0 Å². The largest absolute Gasteiger partial charge is 0.364 e. The first-order valence-corrected chi connectivity index (χ1v) is 9.50. The zero-order chi connectivity index (χ0) is 19.8. The first-order chi connectivity index (χ1) is 13.6. The van der Waals surface area contributed by atoms with Gasteiger partial charge in [-0.25, -0.2) is 0 Å². The molecule has 2 amide bonds. The van der Waals surface area contributed by atoms with Gasteiger partial charge >= 0.3 is 0 Å². The minimum absolute atomic E-state index is 0.0860. The Bertz CT molecular complexity index is 926. The van der Waals surface area contributed by atoms with E-state index in [1.54, 1.807) is 0 Å². The molecule has 0 bridgehead atoms. The Morgan fingerprint density at radius 2 is 1.79 bits per heavy atom. The predicted molar refractivity (Wildman–Crippen MR) is 107 cm³/mol. The van der Waals surface area contributed by atoms with Crippen LogP contribution in [0.3, 0.4) is 0 Å². The standard InChI is InChI=1S/C20H20N4O3S/c1-14-7-9-16(10-8-14)22-19(26)20-24-23-18(28-20)13-27-12-17(25)21-11-15-5-3-2-4-6-15/h2-10H,11-13H2,1H3,(H,21,25)(H,22,26). The van der Waals surface area contributed by atoms with Gasteiger partial charge in [0.1, 0.15) is 18.2 Å².